The van der Waals surface area contributed by atoms with E-state index in [0.717, 1.165) is 38.8 Å². The fraction of sp³-hybridized carbons (Fsp3) is 0.963. The number of fused-ring (bicyclic) bond motifs is 1. The maximum atomic E-state index is 12.8. The van der Waals surface area contributed by atoms with E-state index in [9.17, 15) is 4.79 Å². The zero-order valence-corrected chi connectivity index (χ0v) is 22.0. The smallest absolute Gasteiger partial charge is 0.303 e. The third-order valence-electron chi connectivity index (χ3n) is 12.1. The first-order valence-electron chi connectivity index (χ1n) is 13.6. The van der Waals surface area contributed by atoms with E-state index in [4.69, 9.17) is 28.4 Å². The maximum absolute atomic E-state index is 12.8. The number of hydrogen-bond donors (Lipinski definition) is 0. The largest absolute Gasteiger partial charge is 0.459 e. The number of nitrogens with zero attached hydrogens (tertiary/aromatic N) is 1. The van der Waals surface area contributed by atoms with Crippen LogP contribution in [0.25, 0.3) is 0 Å². The van der Waals surface area contributed by atoms with Crippen molar-refractivity contribution in [2.75, 3.05) is 41.2 Å². The van der Waals surface area contributed by atoms with Crippen LogP contribution < -0.4 is 0 Å². The SMILES string of the molecule is CCN1C[C@]2(C)CCC(OC)C34[C@@H]5CC6C(OC)[C@@H]5[C@@]5(C[C@@H]6OC)OCO[C@]5([C@H]13)[C@@H](OC(C)=O)[C@@H]42. The molecule has 5 saturated carbocycles. The molecule has 7 bridgehead atoms. The van der Waals surface area contributed by atoms with Crippen molar-refractivity contribution in [1.82, 2.24) is 4.90 Å². The summed E-state index contributed by atoms with van der Waals surface area (Å²) in [5, 5.41) is 0. The van der Waals surface area contributed by atoms with Gasteiger partial charge >= 0.3 is 5.97 Å². The number of likely N-dealkylation sites (tertiary alicyclic amines) is 1. The van der Waals surface area contributed by atoms with E-state index in [1.165, 1.54) is 0 Å². The second-order valence-corrected chi connectivity index (χ2v) is 12.7. The highest BCUT2D eigenvalue weighted by Gasteiger charge is 2.94. The van der Waals surface area contributed by atoms with E-state index in [1.807, 2.05) is 21.3 Å². The molecule has 0 radical (unpaired) electrons. The molecule has 5 aliphatic carbocycles. The highest BCUT2D eigenvalue weighted by Crippen LogP contribution is 2.82. The Labute approximate surface area is 208 Å². The molecule has 7 rings (SSSR count). The predicted molar refractivity (Wildman–Crippen MR) is 124 cm³/mol. The molecule has 4 unspecified atom stereocenters. The van der Waals surface area contributed by atoms with Crippen molar-refractivity contribution >= 4 is 5.97 Å². The zero-order chi connectivity index (χ0) is 24.5. The van der Waals surface area contributed by atoms with Crippen LogP contribution in [0, 0.1) is 34.5 Å². The van der Waals surface area contributed by atoms with Crippen molar-refractivity contribution in [2.24, 2.45) is 34.5 Å². The van der Waals surface area contributed by atoms with E-state index in [2.05, 4.69) is 18.7 Å². The molecule has 7 fully saturated rings. The summed E-state index contributed by atoms with van der Waals surface area (Å²) >= 11 is 0. The van der Waals surface area contributed by atoms with E-state index < -0.39 is 11.2 Å². The number of methoxy groups -OCH3 is 3. The standard InChI is InChI=1S/C27H41NO7/c1-7-28-12-24(3)9-8-18(31-5)26-16-10-15-17(30-4)11-25(19(16)20(15)32-6)27(23(26)28,34-13-33-25)22(21(24)26)35-14(2)29/h15-23H,7-13H2,1-6H3/t15?,16-,17+,18?,19-,20?,21-,22+,23-,24+,25-,26?,27+/m1/s1. The first-order valence-corrected chi connectivity index (χ1v) is 13.6. The summed E-state index contributed by atoms with van der Waals surface area (Å²) < 4.78 is 39.2. The molecular weight excluding hydrogens is 450 g/mol. The normalized spacial score (nSPS) is 59.4. The molecule has 196 valence electrons. The van der Waals surface area contributed by atoms with Gasteiger partial charge in [-0.1, -0.05) is 13.8 Å². The molecule has 3 spiro atoms. The number of hydrogen-bond acceptors (Lipinski definition) is 8. The number of rotatable bonds is 5. The number of likely N-dealkylation sites (N-methyl/N-ethyl adjacent to an activating group) is 1. The molecule has 8 nitrogen and oxygen atoms in total. The van der Waals surface area contributed by atoms with Gasteiger partial charge in [0, 0.05) is 64.4 Å². The highest BCUT2D eigenvalue weighted by atomic mass is 16.7. The zero-order valence-electron chi connectivity index (χ0n) is 22.0. The average molecular weight is 492 g/mol. The molecule has 0 aromatic heterocycles. The lowest BCUT2D eigenvalue weighted by atomic mass is 9.43. The molecule has 2 aliphatic heterocycles. The van der Waals surface area contributed by atoms with Gasteiger partial charge in [-0.05, 0) is 37.1 Å². The van der Waals surface area contributed by atoms with Gasteiger partial charge < -0.3 is 28.4 Å². The van der Waals surface area contributed by atoms with Gasteiger partial charge in [0.25, 0.3) is 0 Å². The minimum Gasteiger partial charge on any atom is -0.459 e. The number of esters is 1. The lowest BCUT2D eigenvalue weighted by Crippen LogP contribution is -2.81. The van der Waals surface area contributed by atoms with Crippen LogP contribution >= 0.6 is 0 Å². The Morgan fingerprint density at radius 3 is 2.60 bits per heavy atom. The van der Waals surface area contributed by atoms with E-state index in [0.29, 0.717) is 11.8 Å². The lowest BCUT2D eigenvalue weighted by molar-refractivity contribution is -0.282. The molecule has 0 aromatic rings. The van der Waals surface area contributed by atoms with Crippen molar-refractivity contribution in [3.63, 3.8) is 0 Å². The molecule has 8 heteroatoms. The van der Waals surface area contributed by atoms with Crippen LogP contribution in [-0.2, 0) is 33.2 Å². The van der Waals surface area contributed by atoms with Gasteiger partial charge in [-0.3, -0.25) is 9.69 Å². The van der Waals surface area contributed by atoms with E-state index >= 15 is 0 Å². The summed E-state index contributed by atoms with van der Waals surface area (Å²) in [6, 6.07) is 0.0586. The number of ether oxygens (including phenoxy) is 6. The van der Waals surface area contributed by atoms with Crippen LogP contribution in [0.5, 0.6) is 0 Å². The van der Waals surface area contributed by atoms with Crippen LogP contribution in [0.2, 0.25) is 0 Å². The second kappa shape index (κ2) is 7.20. The van der Waals surface area contributed by atoms with Gasteiger partial charge in [-0.2, -0.15) is 0 Å². The molecule has 2 saturated heterocycles. The van der Waals surface area contributed by atoms with Crippen molar-refractivity contribution < 1.29 is 33.2 Å². The van der Waals surface area contributed by atoms with Crippen molar-refractivity contribution in [1.29, 1.82) is 0 Å². The fourth-order valence-corrected chi connectivity index (χ4v) is 11.7. The van der Waals surface area contributed by atoms with Gasteiger partial charge in [-0.15, -0.1) is 0 Å². The minimum atomic E-state index is -0.776. The van der Waals surface area contributed by atoms with Gasteiger partial charge in [0.15, 0.2) is 5.60 Å². The maximum Gasteiger partial charge on any atom is 0.303 e. The molecule has 13 atom stereocenters. The molecule has 0 N–H and O–H groups in total. The van der Waals surface area contributed by atoms with Crippen LogP contribution in [0.4, 0.5) is 0 Å². The molecule has 2 heterocycles. The number of carbonyl (C=O) groups is 1. The fourth-order valence-electron chi connectivity index (χ4n) is 11.7. The Bertz CT molecular complexity index is 931. The van der Waals surface area contributed by atoms with Crippen molar-refractivity contribution in [3.05, 3.63) is 0 Å². The van der Waals surface area contributed by atoms with E-state index in [1.54, 1.807) is 6.92 Å². The highest BCUT2D eigenvalue weighted by molar-refractivity contribution is 5.67. The monoisotopic (exact) mass is 491 g/mol. The third kappa shape index (κ3) is 2.24. The van der Waals surface area contributed by atoms with E-state index in [-0.39, 0.29) is 65.9 Å². The van der Waals surface area contributed by atoms with Gasteiger partial charge in [0.05, 0.1) is 24.4 Å². The quantitative estimate of drug-likeness (QED) is 0.542. The molecular formula is C27H41NO7. The van der Waals surface area contributed by atoms with Crippen LogP contribution in [0.3, 0.4) is 0 Å². The Kier molecular flexibility index (Phi) is 4.81. The lowest BCUT2D eigenvalue weighted by Gasteiger charge is -2.69. The van der Waals surface area contributed by atoms with Crippen LogP contribution in [0.15, 0.2) is 0 Å². The first-order chi connectivity index (χ1) is 16.8. The summed E-state index contributed by atoms with van der Waals surface area (Å²) in [5.74, 6) is 0.698. The predicted octanol–water partition coefficient (Wildman–Crippen LogP) is 2.24. The van der Waals surface area contributed by atoms with Gasteiger partial charge in [-0.25, -0.2) is 0 Å². The van der Waals surface area contributed by atoms with Crippen LogP contribution in [-0.4, -0.2) is 93.7 Å². The summed E-state index contributed by atoms with van der Waals surface area (Å²) in [7, 11) is 5.52. The number of piperidine rings is 1. The Hall–Kier alpha value is -0.770. The van der Waals surface area contributed by atoms with Crippen LogP contribution in [0.1, 0.15) is 46.5 Å². The van der Waals surface area contributed by atoms with Gasteiger partial charge in [0.2, 0.25) is 0 Å². The topological polar surface area (TPSA) is 75.7 Å². The third-order valence-corrected chi connectivity index (χ3v) is 12.1. The van der Waals surface area contributed by atoms with Gasteiger partial charge in [0.1, 0.15) is 18.5 Å². The summed E-state index contributed by atoms with van der Waals surface area (Å²) in [6.45, 7) is 8.34. The average Bonchev–Trinajstić information content (AvgIpc) is 3.41. The first kappa shape index (κ1) is 23.4. The van der Waals surface area contributed by atoms with Crippen molar-refractivity contribution in [2.45, 2.75) is 88.1 Å². The van der Waals surface area contributed by atoms with Crippen molar-refractivity contribution in [3.8, 4) is 0 Å². The summed E-state index contributed by atoms with van der Waals surface area (Å²) in [4.78, 5) is 15.4. The minimum absolute atomic E-state index is 0.00174. The molecule has 0 amide bonds. The molecule has 35 heavy (non-hydrogen) atoms. The Morgan fingerprint density at radius 2 is 1.94 bits per heavy atom. The summed E-state index contributed by atoms with van der Waals surface area (Å²) in [6.07, 6.45) is 3.57. The number of carbonyl (C=O) groups excluding carboxylic acids is 1. The Morgan fingerprint density at radius 1 is 1.14 bits per heavy atom. The molecule has 0 aromatic carbocycles. The summed E-state index contributed by atoms with van der Waals surface area (Å²) in [5.41, 5.74) is -1.61. The second-order valence-electron chi connectivity index (χ2n) is 12.7. The molecule has 7 aliphatic rings. The Balaban J connectivity index is 1.57.